The molecule has 0 aromatic carbocycles. The van der Waals surface area contributed by atoms with Crippen molar-refractivity contribution in [1.82, 2.24) is 4.31 Å². The summed E-state index contributed by atoms with van der Waals surface area (Å²) in [5.74, 6) is 0. The minimum atomic E-state index is -3.49. The summed E-state index contributed by atoms with van der Waals surface area (Å²) in [6.45, 7) is 4.46. The van der Waals surface area contributed by atoms with E-state index in [2.05, 4.69) is 22.9 Å². The highest BCUT2D eigenvalue weighted by atomic mass is 79.9. The molecule has 0 amide bonds. The minimum absolute atomic E-state index is 0.154. The molecule has 0 atom stereocenters. The number of aryl methyl sites for hydroxylation is 1. The second-order valence-corrected chi connectivity index (χ2v) is 9.25. The third-order valence-corrected chi connectivity index (χ3v) is 7.52. The van der Waals surface area contributed by atoms with E-state index < -0.39 is 10.0 Å². The standard InChI is InChI=1S/C13H22BrNO3S2/c1-3-4-5-6-7-15(8-9-16)20(17,18)12-10-11(2)13(14)19-12/h10,16H,3-9H2,1-2H3. The molecule has 1 N–H and O–H groups in total. The van der Waals surface area contributed by atoms with E-state index in [4.69, 9.17) is 5.11 Å². The van der Waals surface area contributed by atoms with Gasteiger partial charge in [0.15, 0.2) is 0 Å². The second kappa shape index (κ2) is 8.48. The van der Waals surface area contributed by atoms with E-state index in [0.29, 0.717) is 10.8 Å². The molecule has 20 heavy (non-hydrogen) atoms. The third kappa shape index (κ3) is 4.80. The van der Waals surface area contributed by atoms with Gasteiger partial charge in [0.2, 0.25) is 0 Å². The van der Waals surface area contributed by atoms with Crippen molar-refractivity contribution >= 4 is 37.3 Å². The highest BCUT2D eigenvalue weighted by Gasteiger charge is 2.26. The number of thiophene rings is 1. The lowest BCUT2D eigenvalue weighted by Crippen LogP contribution is -2.34. The van der Waals surface area contributed by atoms with E-state index in [1.807, 2.05) is 6.92 Å². The molecule has 0 bridgehead atoms. The van der Waals surface area contributed by atoms with E-state index in [1.165, 1.54) is 15.6 Å². The van der Waals surface area contributed by atoms with Crippen molar-refractivity contribution in [3.05, 3.63) is 15.4 Å². The van der Waals surface area contributed by atoms with Crippen molar-refractivity contribution in [3.8, 4) is 0 Å². The average molecular weight is 384 g/mol. The first-order chi connectivity index (χ1) is 9.43. The van der Waals surface area contributed by atoms with Crippen molar-refractivity contribution in [3.63, 3.8) is 0 Å². The maximum Gasteiger partial charge on any atom is 0.252 e. The van der Waals surface area contributed by atoms with E-state index in [0.717, 1.165) is 35.0 Å². The van der Waals surface area contributed by atoms with Crippen molar-refractivity contribution in [1.29, 1.82) is 0 Å². The number of unbranched alkanes of at least 4 members (excludes halogenated alkanes) is 3. The molecule has 0 saturated carbocycles. The molecule has 0 radical (unpaired) electrons. The Labute approximate surface area is 134 Å². The number of aliphatic hydroxyl groups excluding tert-OH is 1. The van der Waals surface area contributed by atoms with Crippen LogP contribution in [0.5, 0.6) is 0 Å². The molecule has 116 valence electrons. The number of hydrogen-bond donors (Lipinski definition) is 1. The zero-order valence-electron chi connectivity index (χ0n) is 11.9. The molecule has 1 rings (SSSR count). The Hall–Kier alpha value is 0.0500. The number of rotatable bonds is 9. The smallest absolute Gasteiger partial charge is 0.252 e. The molecule has 1 aromatic heterocycles. The molecule has 7 heteroatoms. The highest BCUT2D eigenvalue weighted by molar-refractivity contribution is 9.11. The topological polar surface area (TPSA) is 57.6 Å². The number of nitrogens with zero attached hydrogens (tertiary/aromatic N) is 1. The van der Waals surface area contributed by atoms with Gasteiger partial charge in [0.25, 0.3) is 10.0 Å². The fourth-order valence-electron chi connectivity index (χ4n) is 1.86. The lowest BCUT2D eigenvalue weighted by molar-refractivity contribution is 0.252. The summed E-state index contributed by atoms with van der Waals surface area (Å²) < 4.78 is 27.7. The van der Waals surface area contributed by atoms with Crippen LogP contribution in [-0.2, 0) is 10.0 Å². The normalized spacial score (nSPS) is 12.2. The van der Waals surface area contributed by atoms with Crippen LogP contribution in [0.2, 0.25) is 0 Å². The largest absolute Gasteiger partial charge is 0.395 e. The Morgan fingerprint density at radius 2 is 2.00 bits per heavy atom. The number of halogens is 1. The van der Waals surface area contributed by atoms with Gasteiger partial charge in [0.05, 0.1) is 10.4 Å². The van der Waals surface area contributed by atoms with Gasteiger partial charge in [-0.1, -0.05) is 26.2 Å². The van der Waals surface area contributed by atoms with Gasteiger partial charge in [-0.25, -0.2) is 8.42 Å². The highest BCUT2D eigenvalue weighted by Crippen LogP contribution is 2.32. The monoisotopic (exact) mass is 383 g/mol. The fraction of sp³-hybridized carbons (Fsp3) is 0.692. The zero-order valence-corrected chi connectivity index (χ0v) is 15.2. The maximum atomic E-state index is 12.6. The molecule has 0 saturated heterocycles. The van der Waals surface area contributed by atoms with Gasteiger partial charge in [-0.3, -0.25) is 0 Å². The maximum absolute atomic E-state index is 12.6. The Kier molecular flexibility index (Phi) is 7.68. The Morgan fingerprint density at radius 1 is 1.30 bits per heavy atom. The molecule has 1 heterocycles. The zero-order chi connectivity index (χ0) is 15.2. The molecule has 4 nitrogen and oxygen atoms in total. The van der Waals surface area contributed by atoms with Crippen molar-refractivity contribution in [2.75, 3.05) is 19.7 Å². The number of hydrogen-bond acceptors (Lipinski definition) is 4. The third-order valence-electron chi connectivity index (χ3n) is 3.04. The summed E-state index contributed by atoms with van der Waals surface area (Å²) in [7, 11) is -3.49. The number of aliphatic hydroxyl groups is 1. The first kappa shape index (κ1) is 18.1. The summed E-state index contributed by atoms with van der Waals surface area (Å²) in [6, 6.07) is 1.68. The first-order valence-electron chi connectivity index (χ1n) is 6.80. The average Bonchev–Trinajstić information content (AvgIpc) is 2.74. The lowest BCUT2D eigenvalue weighted by atomic mass is 10.2. The molecule has 0 unspecified atom stereocenters. The quantitative estimate of drug-likeness (QED) is 0.664. The van der Waals surface area contributed by atoms with E-state index in [9.17, 15) is 8.42 Å². The molecule has 1 aromatic rings. The fourth-order valence-corrected chi connectivity index (χ4v) is 5.72. The van der Waals surface area contributed by atoms with Gasteiger partial charge in [-0.2, -0.15) is 4.31 Å². The minimum Gasteiger partial charge on any atom is -0.395 e. The van der Waals surface area contributed by atoms with Gasteiger partial charge >= 0.3 is 0 Å². The molecular formula is C13H22BrNO3S2. The van der Waals surface area contributed by atoms with Crippen molar-refractivity contribution in [2.24, 2.45) is 0 Å². The summed E-state index contributed by atoms with van der Waals surface area (Å²) in [4.78, 5) is 0. The van der Waals surface area contributed by atoms with Crippen LogP contribution < -0.4 is 0 Å². The Balaban J connectivity index is 2.82. The van der Waals surface area contributed by atoms with Crippen molar-refractivity contribution in [2.45, 2.75) is 43.7 Å². The van der Waals surface area contributed by atoms with Crippen LogP contribution in [0, 0.1) is 6.92 Å². The first-order valence-corrected chi connectivity index (χ1v) is 9.85. The summed E-state index contributed by atoms with van der Waals surface area (Å²) >= 11 is 4.58. The number of sulfonamides is 1. The van der Waals surface area contributed by atoms with Gasteiger partial charge in [-0.05, 0) is 40.9 Å². The van der Waals surface area contributed by atoms with Gasteiger partial charge in [-0.15, -0.1) is 11.3 Å². The lowest BCUT2D eigenvalue weighted by Gasteiger charge is -2.20. The summed E-state index contributed by atoms with van der Waals surface area (Å²) in [6.07, 6.45) is 4.07. The molecule has 0 aliphatic heterocycles. The van der Waals surface area contributed by atoms with Crippen LogP contribution >= 0.6 is 27.3 Å². The van der Waals surface area contributed by atoms with Crippen LogP contribution in [0.1, 0.15) is 38.2 Å². The van der Waals surface area contributed by atoms with E-state index in [-0.39, 0.29) is 13.2 Å². The molecule has 0 aliphatic carbocycles. The Morgan fingerprint density at radius 3 is 2.50 bits per heavy atom. The molecule has 0 aliphatic rings. The van der Waals surface area contributed by atoms with Crippen LogP contribution in [0.25, 0.3) is 0 Å². The predicted octanol–water partition coefficient (Wildman–Crippen LogP) is 3.38. The second-order valence-electron chi connectivity index (χ2n) is 4.71. The van der Waals surface area contributed by atoms with Crippen LogP contribution in [-0.4, -0.2) is 37.5 Å². The van der Waals surface area contributed by atoms with Gasteiger partial charge in [0.1, 0.15) is 4.21 Å². The molecular weight excluding hydrogens is 362 g/mol. The van der Waals surface area contributed by atoms with E-state index in [1.54, 1.807) is 6.07 Å². The van der Waals surface area contributed by atoms with E-state index >= 15 is 0 Å². The Bertz CT molecular complexity index is 494. The van der Waals surface area contributed by atoms with Crippen molar-refractivity contribution < 1.29 is 13.5 Å². The predicted molar refractivity (Wildman–Crippen MR) is 86.7 cm³/mol. The van der Waals surface area contributed by atoms with Gasteiger partial charge < -0.3 is 5.11 Å². The van der Waals surface area contributed by atoms with Gasteiger partial charge in [0, 0.05) is 13.1 Å². The summed E-state index contributed by atoms with van der Waals surface area (Å²) in [5.41, 5.74) is 0.920. The van der Waals surface area contributed by atoms with Crippen LogP contribution in [0.4, 0.5) is 0 Å². The molecule has 0 spiro atoms. The SMILES string of the molecule is CCCCCCN(CCO)S(=O)(=O)c1cc(C)c(Br)s1. The van der Waals surface area contributed by atoms with Crippen LogP contribution in [0.15, 0.2) is 14.1 Å². The van der Waals surface area contributed by atoms with Crippen LogP contribution in [0.3, 0.4) is 0 Å². The molecule has 0 fully saturated rings. The summed E-state index contributed by atoms with van der Waals surface area (Å²) in [5, 5.41) is 9.10.